The molecule has 0 saturated heterocycles. The Morgan fingerprint density at radius 3 is 1.97 bits per heavy atom. The third kappa shape index (κ3) is 2.89. The van der Waals surface area contributed by atoms with E-state index in [4.69, 9.17) is 18.9 Å². The third-order valence-corrected chi connectivity index (χ3v) is 5.39. The van der Waals surface area contributed by atoms with Gasteiger partial charge in [0.05, 0.1) is 5.56 Å². The smallest absolute Gasteiger partial charge is 0.340 e. The van der Waals surface area contributed by atoms with Crippen LogP contribution in [0.4, 0.5) is 0 Å². The van der Waals surface area contributed by atoms with Crippen LogP contribution in [-0.2, 0) is 10.3 Å². The van der Waals surface area contributed by atoms with E-state index in [1.54, 1.807) is 30.4 Å². The van der Waals surface area contributed by atoms with Crippen molar-refractivity contribution in [2.24, 2.45) is 0 Å². The maximum atomic E-state index is 12.8. The standard InChI is InChI=1S/C26H20O5/c1-3-13-28-17-9-11-21-23(15-17)30-24-16-18(29-14-4-2)10-12-22(24)26(21)20-8-6-5-7-19(20)25(27)31-26/h3-12,15-16H,1-2,13-14H2. The molecule has 0 bridgehead atoms. The molecule has 0 fully saturated rings. The molecule has 0 N–H and O–H groups in total. The Hall–Kier alpha value is -3.99. The van der Waals surface area contributed by atoms with E-state index < -0.39 is 5.60 Å². The van der Waals surface area contributed by atoms with Crippen molar-refractivity contribution in [2.75, 3.05) is 13.2 Å². The second kappa shape index (κ2) is 7.36. The zero-order valence-electron chi connectivity index (χ0n) is 16.8. The second-order valence-electron chi connectivity index (χ2n) is 7.23. The van der Waals surface area contributed by atoms with Crippen molar-refractivity contribution < 1.29 is 23.7 Å². The number of hydrogen-bond donors (Lipinski definition) is 0. The van der Waals surface area contributed by atoms with E-state index in [1.807, 2.05) is 42.5 Å². The Labute approximate surface area is 180 Å². The van der Waals surface area contributed by atoms with Gasteiger partial charge in [-0.15, -0.1) is 0 Å². The molecule has 0 saturated carbocycles. The highest BCUT2D eigenvalue weighted by molar-refractivity contribution is 5.97. The highest BCUT2D eigenvalue weighted by Gasteiger charge is 2.53. The lowest BCUT2D eigenvalue weighted by Gasteiger charge is -2.36. The fourth-order valence-electron chi connectivity index (χ4n) is 4.13. The summed E-state index contributed by atoms with van der Waals surface area (Å²) in [6.07, 6.45) is 3.35. The quantitative estimate of drug-likeness (QED) is 0.402. The van der Waals surface area contributed by atoms with Gasteiger partial charge in [-0.05, 0) is 30.3 Å². The monoisotopic (exact) mass is 412 g/mol. The molecule has 5 nitrogen and oxygen atoms in total. The maximum Gasteiger partial charge on any atom is 0.340 e. The highest BCUT2D eigenvalue weighted by Crippen LogP contribution is 2.56. The molecule has 5 heteroatoms. The molecule has 0 unspecified atom stereocenters. The molecule has 0 atom stereocenters. The number of carbonyl (C=O) groups excluding carboxylic acids is 1. The number of esters is 1. The van der Waals surface area contributed by atoms with Crippen molar-refractivity contribution >= 4 is 5.97 Å². The molecule has 154 valence electrons. The Morgan fingerprint density at radius 1 is 0.806 bits per heavy atom. The van der Waals surface area contributed by atoms with Gasteiger partial charge >= 0.3 is 5.97 Å². The first kappa shape index (κ1) is 19.0. The van der Waals surface area contributed by atoms with Crippen LogP contribution in [0.5, 0.6) is 23.0 Å². The molecule has 0 aliphatic carbocycles. The van der Waals surface area contributed by atoms with E-state index in [1.165, 1.54) is 0 Å². The third-order valence-electron chi connectivity index (χ3n) is 5.39. The fraction of sp³-hybridized carbons (Fsp3) is 0.115. The minimum absolute atomic E-state index is 0.367. The van der Waals surface area contributed by atoms with Crippen LogP contribution in [0.25, 0.3) is 0 Å². The molecule has 0 amide bonds. The summed E-state index contributed by atoms with van der Waals surface area (Å²) in [4.78, 5) is 12.8. The Morgan fingerprint density at radius 2 is 1.39 bits per heavy atom. The van der Waals surface area contributed by atoms with Crippen LogP contribution < -0.4 is 14.2 Å². The lowest BCUT2D eigenvalue weighted by Crippen LogP contribution is -2.33. The second-order valence-corrected chi connectivity index (χ2v) is 7.23. The molecule has 0 radical (unpaired) electrons. The van der Waals surface area contributed by atoms with Gasteiger partial charge in [0.1, 0.15) is 36.2 Å². The topological polar surface area (TPSA) is 54.0 Å². The van der Waals surface area contributed by atoms with E-state index in [2.05, 4.69) is 13.2 Å². The zero-order chi connectivity index (χ0) is 21.4. The number of hydrogen-bond acceptors (Lipinski definition) is 5. The molecule has 2 heterocycles. The molecule has 31 heavy (non-hydrogen) atoms. The van der Waals surface area contributed by atoms with Gasteiger partial charge in [0.15, 0.2) is 5.60 Å². The summed E-state index contributed by atoms with van der Waals surface area (Å²) in [7, 11) is 0. The highest BCUT2D eigenvalue weighted by atomic mass is 16.6. The molecular formula is C26H20O5. The van der Waals surface area contributed by atoms with Crippen LogP contribution in [0.2, 0.25) is 0 Å². The first-order valence-electron chi connectivity index (χ1n) is 9.94. The Bertz CT molecular complexity index is 1150. The van der Waals surface area contributed by atoms with Crippen LogP contribution in [0.15, 0.2) is 86.0 Å². The maximum absolute atomic E-state index is 12.8. The normalized spacial score (nSPS) is 14.5. The van der Waals surface area contributed by atoms with E-state index >= 15 is 0 Å². The lowest BCUT2D eigenvalue weighted by atomic mass is 9.77. The lowest BCUT2D eigenvalue weighted by molar-refractivity contribution is 0.0224. The first-order valence-corrected chi connectivity index (χ1v) is 9.94. The molecule has 2 aliphatic heterocycles. The van der Waals surface area contributed by atoms with E-state index in [9.17, 15) is 4.79 Å². The van der Waals surface area contributed by atoms with Crippen molar-refractivity contribution in [3.8, 4) is 23.0 Å². The largest absolute Gasteiger partial charge is 0.489 e. The Balaban J connectivity index is 1.72. The van der Waals surface area contributed by atoms with E-state index in [-0.39, 0.29) is 5.97 Å². The van der Waals surface area contributed by atoms with Gasteiger partial charge in [-0.1, -0.05) is 43.5 Å². The van der Waals surface area contributed by atoms with Crippen LogP contribution in [-0.4, -0.2) is 19.2 Å². The van der Waals surface area contributed by atoms with Crippen molar-refractivity contribution in [1.82, 2.24) is 0 Å². The fourth-order valence-corrected chi connectivity index (χ4v) is 4.13. The zero-order valence-corrected chi connectivity index (χ0v) is 16.8. The molecule has 5 rings (SSSR count). The number of rotatable bonds is 6. The van der Waals surface area contributed by atoms with Gasteiger partial charge in [-0.2, -0.15) is 0 Å². The van der Waals surface area contributed by atoms with Crippen LogP contribution >= 0.6 is 0 Å². The van der Waals surface area contributed by atoms with Gasteiger partial charge in [-0.3, -0.25) is 0 Å². The van der Waals surface area contributed by atoms with E-state index in [0.717, 1.165) is 16.7 Å². The summed E-state index contributed by atoms with van der Waals surface area (Å²) < 4.78 is 23.7. The summed E-state index contributed by atoms with van der Waals surface area (Å²) in [6.45, 7) is 8.11. The minimum Gasteiger partial charge on any atom is -0.489 e. The predicted molar refractivity (Wildman–Crippen MR) is 116 cm³/mol. The molecule has 1 spiro atoms. The van der Waals surface area contributed by atoms with Gasteiger partial charge in [0, 0.05) is 28.8 Å². The number of benzene rings is 3. The van der Waals surface area contributed by atoms with Crippen molar-refractivity contribution in [1.29, 1.82) is 0 Å². The molecule has 3 aromatic rings. The van der Waals surface area contributed by atoms with Crippen LogP contribution in [0.3, 0.4) is 0 Å². The Kier molecular flexibility index (Phi) is 4.51. The van der Waals surface area contributed by atoms with Crippen molar-refractivity contribution in [3.05, 3.63) is 108 Å². The SMILES string of the molecule is C=CCOc1ccc2c(c1)Oc1cc(OCC=C)ccc1C21OC(=O)c2ccccc21. The number of carbonyl (C=O) groups is 1. The number of ether oxygens (including phenoxy) is 4. The average molecular weight is 412 g/mol. The van der Waals surface area contributed by atoms with Gasteiger partial charge in [0.2, 0.25) is 0 Å². The van der Waals surface area contributed by atoms with Crippen molar-refractivity contribution in [2.45, 2.75) is 5.60 Å². The summed E-state index contributed by atoms with van der Waals surface area (Å²) in [6, 6.07) is 18.5. The number of fused-ring (bicyclic) bond motifs is 6. The van der Waals surface area contributed by atoms with Gasteiger partial charge in [-0.25, -0.2) is 4.79 Å². The van der Waals surface area contributed by atoms with Crippen LogP contribution in [0.1, 0.15) is 27.0 Å². The van der Waals surface area contributed by atoms with Gasteiger partial charge in [0.25, 0.3) is 0 Å². The first-order chi connectivity index (χ1) is 15.2. The summed E-state index contributed by atoms with van der Waals surface area (Å²) >= 11 is 0. The molecule has 0 aromatic heterocycles. The van der Waals surface area contributed by atoms with Crippen molar-refractivity contribution in [3.63, 3.8) is 0 Å². The molecule has 2 aliphatic rings. The molecular weight excluding hydrogens is 392 g/mol. The molecule has 3 aromatic carbocycles. The average Bonchev–Trinajstić information content (AvgIpc) is 3.09. The predicted octanol–water partition coefficient (Wildman–Crippen LogP) is 5.38. The summed E-state index contributed by atoms with van der Waals surface area (Å²) in [5.74, 6) is 2.01. The van der Waals surface area contributed by atoms with Gasteiger partial charge < -0.3 is 18.9 Å². The summed E-state index contributed by atoms with van der Waals surface area (Å²) in [5, 5.41) is 0. The summed E-state index contributed by atoms with van der Waals surface area (Å²) in [5.41, 5.74) is 1.70. The minimum atomic E-state index is -1.11. The van der Waals surface area contributed by atoms with Crippen LogP contribution in [0, 0.1) is 0 Å². The van der Waals surface area contributed by atoms with E-state index in [0.29, 0.717) is 41.8 Å².